The zero-order chi connectivity index (χ0) is 16.8. The summed E-state index contributed by atoms with van der Waals surface area (Å²) in [5.41, 5.74) is 0.464. The number of rotatable bonds is 6. The molecule has 0 radical (unpaired) electrons. The van der Waals surface area contributed by atoms with E-state index in [1.54, 1.807) is 6.08 Å². The minimum atomic E-state index is -0.469. The molecule has 1 aliphatic heterocycles. The molecule has 23 heavy (non-hydrogen) atoms. The molecule has 6 nitrogen and oxygen atoms in total. The third kappa shape index (κ3) is 4.01. The summed E-state index contributed by atoms with van der Waals surface area (Å²) in [7, 11) is 0. The molecule has 1 fully saturated rings. The fourth-order valence-electron chi connectivity index (χ4n) is 2.79. The molecule has 1 aromatic rings. The molecule has 1 heterocycles. The van der Waals surface area contributed by atoms with Crippen LogP contribution in [0.1, 0.15) is 24.8 Å². The van der Waals surface area contributed by atoms with E-state index in [2.05, 4.69) is 6.58 Å². The second-order valence-electron chi connectivity index (χ2n) is 5.36. The lowest BCUT2D eigenvalue weighted by Crippen LogP contribution is -2.43. The highest BCUT2D eigenvalue weighted by Crippen LogP contribution is 2.37. The Bertz CT molecular complexity index is 642. The fourth-order valence-corrected chi connectivity index (χ4v) is 2.99. The molecule has 0 aliphatic carbocycles. The highest BCUT2D eigenvalue weighted by atomic mass is 35.5. The van der Waals surface area contributed by atoms with Gasteiger partial charge in [0.15, 0.2) is 0 Å². The largest absolute Gasteiger partial charge is 0.375 e. The first kappa shape index (κ1) is 17.3. The number of nitro benzene ring substituents is 1. The smallest absolute Gasteiger partial charge is 0.293 e. The number of benzene rings is 1. The van der Waals surface area contributed by atoms with Crippen molar-refractivity contribution in [1.29, 1.82) is 5.26 Å². The first-order valence-corrected chi connectivity index (χ1v) is 7.79. The van der Waals surface area contributed by atoms with Gasteiger partial charge < -0.3 is 9.64 Å². The van der Waals surface area contributed by atoms with Gasteiger partial charge in [0.2, 0.25) is 0 Å². The van der Waals surface area contributed by atoms with Crippen LogP contribution < -0.4 is 4.90 Å². The van der Waals surface area contributed by atoms with E-state index in [-0.39, 0.29) is 22.3 Å². The molecule has 1 saturated heterocycles. The molecule has 0 saturated carbocycles. The van der Waals surface area contributed by atoms with E-state index >= 15 is 0 Å². The van der Waals surface area contributed by atoms with Crippen molar-refractivity contribution in [2.24, 2.45) is 0 Å². The van der Waals surface area contributed by atoms with Crippen LogP contribution in [0.25, 0.3) is 0 Å². The first-order chi connectivity index (χ1) is 11.1. The van der Waals surface area contributed by atoms with Gasteiger partial charge in [0.1, 0.15) is 11.8 Å². The number of hydrogen-bond acceptors (Lipinski definition) is 5. The van der Waals surface area contributed by atoms with Crippen LogP contribution in [0.4, 0.5) is 11.4 Å². The summed E-state index contributed by atoms with van der Waals surface area (Å²) in [5.74, 6) is 0. The van der Waals surface area contributed by atoms with Crippen LogP contribution in [0.15, 0.2) is 24.8 Å². The van der Waals surface area contributed by atoms with E-state index in [0.717, 1.165) is 19.3 Å². The standard InChI is InChI=1S/C16H18ClN3O3/c1-2-7-23-11-13-5-3-4-6-19(13)15-9-14(17)12(10-18)8-16(15)20(21)22/h2,8-9,13H,1,3-7,11H2. The highest BCUT2D eigenvalue weighted by molar-refractivity contribution is 6.32. The summed E-state index contributed by atoms with van der Waals surface area (Å²) in [6.07, 6.45) is 4.57. The molecule has 0 N–H and O–H groups in total. The number of hydrogen-bond donors (Lipinski definition) is 0. The van der Waals surface area contributed by atoms with Crippen LogP contribution >= 0.6 is 11.6 Å². The zero-order valence-corrected chi connectivity index (χ0v) is 13.5. The minimum absolute atomic E-state index is 0.0476. The van der Waals surface area contributed by atoms with Gasteiger partial charge in [-0.15, -0.1) is 6.58 Å². The molecule has 1 aliphatic rings. The minimum Gasteiger partial charge on any atom is -0.375 e. The molecule has 1 atom stereocenters. The summed E-state index contributed by atoms with van der Waals surface area (Å²) >= 11 is 6.08. The number of nitriles is 1. The Morgan fingerprint density at radius 2 is 2.35 bits per heavy atom. The maximum atomic E-state index is 11.4. The average molecular weight is 336 g/mol. The predicted octanol–water partition coefficient (Wildman–Crippen LogP) is 3.68. The summed E-state index contributed by atoms with van der Waals surface area (Å²) in [6.45, 7) is 5.23. The van der Waals surface area contributed by atoms with E-state index in [9.17, 15) is 10.1 Å². The van der Waals surface area contributed by atoms with Gasteiger partial charge in [-0.2, -0.15) is 5.26 Å². The van der Waals surface area contributed by atoms with Gasteiger partial charge in [-0.05, 0) is 25.3 Å². The highest BCUT2D eigenvalue weighted by Gasteiger charge is 2.29. The van der Waals surface area contributed by atoms with E-state index in [1.807, 2.05) is 11.0 Å². The molecule has 0 bridgehead atoms. The van der Waals surface area contributed by atoms with Crippen molar-refractivity contribution in [3.8, 4) is 6.07 Å². The van der Waals surface area contributed by atoms with Crippen molar-refractivity contribution >= 4 is 23.0 Å². The van der Waals surface area contributed by atoms with Gasteiger partial charge in [-0.25, -0.2) is 0 Å². The Kier molecular flexibility index (Phi) is 5.97. The van der Waals surface area contributed by atoms with Gasteiger partial charge >= 0.3 is 0 Å². The number of halogens is 1. The van der Waals surface area contributed by atoms with Crippen LogP contribution in [0.2, 0.25) is 5.02 Å². The summed E-state index contributed by atoms with van der Waals surface area (Å²) in [5, 5.41) is 20.6. The molecule has 2 rings (SSSR count). The van der Waals surface area contributed by atoms with Crippen molar-refractivity contribution in [3.05, 3.63) is 45.5 Å². The van der Waals surface area contributed by atoms with Crippen molar-refractivity contribution in [2.75, 3.05) is 24.7 Å². The summed E-state index contributed by atoms with van der Waals surface area (Å²) in [6, 6.07) is 4.69. The fraction of sp³-hybridized carbons (Fsp3) is 0.438. The predicted molar refractivity (Wildman–Crippen MR) is 88.8 cm³/mol. The monoisotopic (exact) mass is 335 g/mol. The second-order valence-corrected chi connectivity index (χ2v) is 5.77. The van der Waals surface area contributed by atoms with Crippen molar-refractivity contribution in [1.82, 2.24) is 0 Å². The molecule has 122 valence electrons. The van der Waals surface area contributed by atoms with Crippen LogP contribution in [-0.4, -0.2) is 30.7 Å². The quantitative estimate of drug-likeness (QED) is 0.343. The topological polar surface area (TPSA) is 79.4 Å². The molecule has 7 heteroatoms. The molecule has 1 aromatic carbocycles. The maximum Gasteiger partial charge on any atom is 0.293 e. The Balaban J connectivity index is 2.36. The van der Waals surface area contributed by atoms with Crippen LogP contribution in [0.3, 0.4) is 0 Å². The van der Waals surface area contributed by atoms with Gasteiger partial charge in [-0.3, -0.25) is 10.1 Å². The average Bonchev–Trinajstić information content (AvgIpc) is 2.55. The lowest BCUT2D eigenvalue weighted by Gasteiger charge is -2.37. The van der Waals surface area contributed by atoms with Gasteiger partial charge in [-0.1, -0.05) is 17.7 Å². The van der Waals surface area contributed by atoms with Crippen molar-refractivity contribution in [3.63, 3.8) is 0 Å². The SMILES string of the molecule is C=CCOCC1CCCCN1c1cc(Cl)c(C#N)cc1[N+](=O)[O-]. The summed E-state index contributed by atoms with van der Waals surface area (Å²) < 4.78 is 5.53. The number of piperidine rings is 1. The molecular weight excluding hydrogens is 318 g/mol. The van der Waals surface area contributed by atoms with Gasteiger partial charge in [0, 0.05) is 12.6 Å². The third-order valence-corrected chi connectivity index (χ3v) is 4.18. The van der Waals surface area contributed by atoms with E-state index in [0.29, 0.717) is 25.4 Å². The number of anilines is 1. The zero-order valence-electron chi connectivity index (χ0n) is 12.7. The van der Waals surface area contributed by atoms with Gasteiger partial charge in [0.25, 0.3) is 5.69 Å². The van der Waals surface area contributed by atoms with E-state index in [1.165, 1.54) is 12.1 Å². The summed E-state index contributed by atoms with van der Waals surface area (Å²) in [4.78, 5) is 12.9. The van der Waals surface area contributed by atoms with Gasteiger partial charge in [0.05, 0.1) is 34.8 Å². The Hall–Kier alpha value is -2.10. The Morgan fingerprint density at radius 1 is 1.57 bits per heavy atom. The number of nitro groups is 1. The lowest BCUT2D eigenvalue weighted by atomic mass is 10.0. The molecule has 0 spiro atoms. The van der Waals surface area contributed by atoms with Crippen LogP contribution in [0.5, 0.6) is 0 Å². The molecule has 0 aromatic heterocycles. The van der Waals surface area contributed by atoms with Crippen LogP contribution in [-0.2, 0) is 4.74 Å². The first-order valence-electron chi connectivity index (χ1n) is 7.41. The van der Waals surface area contributed by atoms with Crippen LogP contribution in [0, 0.1) is 21.4 Å². The van der Waals surface area contributed by atoms with Crippen molar-refractivity contribution < 1.29 is 9.66 Å². The maximum absolute atomic E-state index is 11.4. The Labute approximate surface area is 140 Å². The number of ether oxygens (including phenoxy) is 1. The second kappa shape index (κ2) is 7.95. The van der Waals surface area contributed by atoms with E-state index < -0.39 is 4.92 Å². The normalized spacial score (nSPS) is 17.6. The lowest BCUT2D eigenvalue weighted by molar-refractivity contribution is -0.384. The van der Waals surface area contributed by atoms with E-state index in [4.69, 9.17) is 21.6 Å². The third-order valence-electron chi connectivity index (χ3n) is 3.86. The molecule has 1 unspecified atom stereocenters. The molecule has 0 amide bonds. The number of nitrogens with zero attached hydrogens (tertiary/aromatic N) is 3. The molecular formula is C16H18ClN3O3. The van der Waals surface area contributed by atoms with Crippen molar-refractivity contribution in [2.45, 2.75) is 25.3 Å². The Morgan fingerprint density at radius 3 is 3.00 bits per heavy atom.